The molecule has 0 unspecified atom stereocenters. The second-order valence-electron chi connectivity index (χ2n) is 4.31. The van der Waals surface area contributed by atoms with E-state index in [2.05, 4.69) is 4.98 Å². The molecule has 2 rings (SSSR count). The van der Waals surface area contributed by atoms with Gasteiger partial charge in [-0.05, 0) is 23.8 Å². The van der Waals surface area contributed by atoms with Crippen molar-refractivity contribution in [3.05, 3.63) is 53.3 Å². The van der Waals surface area contributed by atoms with Crippen molar-refractivity contribution in [1.82, 2.24) is 4.98 Å². The van der Waals surface area contributed by atoms with E-state index in [4.69, 9.17) is 32.5 Å². The Balaban J connectivity index is 2.19. The normalized spacial score (nSPS) is 10.2. The number of benzene rings is 1. The van der Waals surface area contributed by atoms with Crippen LogP contribution in [0.1, 0.15) is 16.8 Å². The van der Waals surface area contributed by atoms with Crippen LogP contribution in [0.2, 0.25) is 0 Å². The number of thiocarbonyl (C=S) groups is 1. The molecule has 0 aliphatic heterocycles. The first-order valence-corrected chi connectivity index (χ1v) is 6.70. The van der Waals surface area contributed by atoms with Crippen molar-refractivity contribution in [2.24, 2.45) is 5.73 Å². The number of aliphatic hydroxyl groups is 1. The number of nitrogens with zero attached hydrogens (tertiary/aromatic N) is 1. The van der Waals surface area contributed by atoms with Crippen LogP contribution in [0.3, 0.4) is 0 Å². The minimum absolute atomic E-state index is 0.0508. The molecule has 0 aliphatic rings. The van der Waals surface area contributed by atoms with E-state index in [0.29, 0.717) is 17.2 Å². The largest absolute Gasteiger partial charge is 0.493 e. The average Bonchev–Trinajstić information content (AvgIpc) is 2.52. The van der Waals surface area contributed by atoms with Gasteiger partial charge in [0, 0.05) is 11.8 Å². The molecule has 0 radical (unpaired) electrons. The lowest BCUT2D eigenvalue weighted by Gasteiger charge is -2.13. The Labute approximate surface area is 128 Å². The summed E-state index contributed by atoms with van der Waals surface area (Å²) in [6, 6.07) is 8.91. The van der Waals surface area contributed by atoms with Gasteiger partial charge in [-0.1, -0.05) is 24.4 Å². The molecule has 3 N–H and O–H groups in total. The summed E-state index contributed by atoms with van der Waals surface area (Å²) >= 11 is 4.97. The van der Waals surface area contributed by atoms with E-state index in [1.54, 1.807) is 37.6 Å². The molecule has 2 aromatic rings. The van der Waals surface area contributed by atoms with Crippen molar-refractivity contribution in [2.75, 3.05) is 7.11 Å². The Morgan fingerprint density at radius 2 is 2.14 bits per heavy atom. The van der Waals surface area contributed by atoms with Gasteiger partial charge in [-0.25, -0.2) is 0 Å². The Morgan fingerprint density at radius 3 is 2.81 bits per heavy atom. The van der Waals surface area contributed by atoms with Gasteiger partial charge in [0.15, 0.2) is 11.5 Å². The molecule has 0 bridgehead atoms. The molecule has 0 aliphatic carbocycles. The fourth-order valence-electron chi connectivity index (χ4n) is 1.86. The van der Waals surface area contributed by atoms with E-state index < -0.39 is 0 Å². The van der Waals surface area contributed by atoms with Gasteiger partial charge in [0.25, 0.3) is 0 Å². The number of nitrogens with two attached hydrogens (primary N) is 1. The van der Waals surface area contributed by atoms with Crippen LogP contribution in [0, 0.1) is 0 Å². The molecule has 0 saturated heterocycles. The Bertz CT molecular complexity index is 647. The van der Waals surface area contributed by atoms with Crippen molar-refractivity contribution in [1.29, 1.82) is 0 Å². The standard InChI is InChI=1S/C15H16N2O3S/c1-19-13-7-10(8-18)4-5-12(13)20-9-11-3-2-6-17-14(11)15(16)21/h2-7,18H,8-9H2,1H3,(H2,16,21). The third-order valence-electron chi connectivity index (χ3n) is 2.92. The zero-order chi connectivity index (χ0) is 15.2. The van der Waals surface area contributed by atoms with Crippen molar-refractivity contribution < 1.29 is 14.6 Å². The minimum atomic E-state index is -0.0508. The second-order valence-corrected chi connectivity index (χ2v) is 4.75. The van der Waals surface area contributed by atoms with E-state index in [1.165, 1.54) is 0 Å². The summed E-state index contributed by atoms with van der Waals surface area (Å²) < 4.78 is 11.0. The maximum Gasteiger partial charge on any atom is 0.161 e. The lowest BCUT2D eigenvalue weighted by molar-refractivity contribution is 0.274. The fraction of sp³-hybridized carbons (Fsp3) is 0.200. The molecule has 21 heavy (non-hydrogen) atoms. The number of ether oxygens (including phenoxy) is 2. The van der Waals surface area contributed by atoms with Gasteiger partial charge < -0.3 is 20.3 Å². The van der Waals surface area contributed by atoms with Crippen LogP contribution < -0.4 is 15.2 Å². The van der Waals surface area contributed by atoms with Crippen LogP contribution in [0.4, 0.5) is 0 Å². The number of hydrogen-bond acceptors (Lipinski definition) is 5. The molecule has 6 heteroatoms. The highest BCUT2D eigenvalue weighted by molar-refractivity contribution is 7.80. The van der Waals surface area contributed by atoms with Gasteiger partial charge >= 0.3 is 0 Å². The number of rotatable bonds is 6. The van der Waals surface area contributed by atoms with Crippen LogP contribution in [0.15, 0.2) is 36.5 Å². The minimum Gasteiger partial charge on any atom is -0.493 e. The van der Waals surface area contributed by atoms with Crippen LogP contribution in [0.5, 0.6) is 11.5 Å². The van der Waals surface area contributed by atoms with E-state index in [1.807, 2.05) is 6.07 Å². The topological polar surface area (TPSA) is 77.6 Å². The van der Waals surface area contributed by atoms with Crippen molar-refractivity contribution >= 4 is 17.2 Å². The maximum atomic E-state index is 9.12. The van der Waals surface area contributed by atoms with Crippen molar-refractivity contribution in [3.63, 3.8) is 0 Å². The van der Waals surface area contributed by atoms with E-state index in [-0.39, 0.29) is 18.2 Å². The number of methoxy groups -OCH3 is 1. The van der Waals surface area contributed by atoms with Gasteiger partial charge in [0.1, 0.15) is 17.3 Å². The average molecular weight is 304 g/mol. The molecule has 1 heterocycles. The monoisotopic (exact) mass is 304 g/mol. The van der Waals surface area contributed by atoms with Gasteiger partial charge in [-0.15, -0.1) is 0 Å². The highest BCUT2D eigenvalue weighted by Crippen LogP contribution is 2.29. The predicted octanol–water partition coefficient (Wildman–Crippen LogP) is 1.80. The van der Waals surface area contributed by atoms with Gasteiger partial charge in [-0.2, -0.15) is 0 Å². The third-order valence-corrected chi connectivity index (χ3v) is 3.11. The number of pyridine rings is 1. The Morgan fingerprint density at radius 1 is 1.33 bits per heavy atom. The predicted molar refractivity (Wildman–Crippen MR) is 83.4 cm³/mol. The number of aromatic nitrogens is 1. The SMILES string of the molecule is COc1cc(CO)ccc1OCc1cccnc1C(N)=S. The molecule has 1 aromatic heterocycles. The number of aliphatic hydroxyl groups excluding tert-OH is 1. The van der Waals surface area contributed by atoms with Crippen LogP contribution >= 0.6 is 12.2 Å². The molecule has 0 atom stereocenters. The van der Waals surface area contributed by atoms with E-state index in [9.17, 15) is 0 Å². The maximum absolute atomic E-state index is 9.12. The quantitative estimate of drug-likeness (QED) is 0.792. The van der Waals surface area contributed by atoms with Crippen molar-refractivity contribution in [2.45, 2.75) is 13.2 Å². The molecule has 0 saturated carbocycles. The highest BCUT2D eigenvalue weighted by atomic mass is 32.1. The fourth-order valence-corrected chi connectivity index (χ4v) is 2.05. The molecule has 1 aromatic carbocycles. The summed E-state index contributed by atoms with van der Waals surface area (Å²) in [5.74, 6) is 1.13. The summed E-state index contributed by atoms with van der Waals surface area (Å²) in [5, 5.41) is 9.12. The lowest BCUT2D eigenvalue weighted by Crippen LogP contribution is -2.15. The summed E-state index contributed by atoms with van der Waals surface area (Å²) in [7, 11) is 1.55. The molecule has 5 nitrogen and oxygen atoms in total. The zero-order valence-corrected chi connectivity index (χ0v) is 12.4. The Hall–Kier alpha value is -2.18. The van der Waals surface area contributed by atoms with Gasteiger partial charge in [-0.3, -0.25) is 4.98 Å². The summed E-state index contributed by atoms with van der Waals surface area (Å²) in [6.45, 7) is 0.222. The first kappa shape index (κ1) is 15.2. The molecular formula is C15H16N2O3S. The van der Waals surface area contributed by atoms with Crippen molar-refractivity contribution in [3.8, 4) is 11.5 Å². The summed E-state index contributed by atoms with van der Waals surface area (Å²) in [4.78, 5) is 4.38. The van der Waals surface area contributed by atoms with Crippen LogP contribution in [-0.2, 0) is 13.2 Å². The molecule has 0 spiro atoms. The van der Waals surface area contributed by atoms with Crippen LogP contribution in [-0.4, -0.2) is 22.2 Å². The van der Waals surface area contributed by atoms with E-state index in [0.717, 1.165) is 11.1 Å². The zero-order valence-electron chi connectivity index (χ0n) is 11.6. The first-order valence-electron chi connectivity index (χ1n) is 6.30. The molecule has 110 valence electrons. The summed E-state index contributed by atoms with van der Waals surface area (Å²) in [5.41, 5.74) is 7.75. The van der Waals surface area contributed by atoms with Gasteiger partial charge in [0.2, 0.25) is 0 Å². The van der Waals surface area contributed by atoms with Crippen LogP contribution in [0.25, 0.3) is 0 Å². The third kappa shape index (κ3) is 3.68. The second kappa shape index (κ2) is 7.01. The number of hydrogen-bond donors (Lipinski definition) is 2. The van der Waals surface area contributed by atoms with E-state index >= 15 is 0 Å². The molecule has 0 amide bonds. The highest BCUT2D eigenvalue weighted by Gasteiger charge is 2.09. The lowest BCUT2D eigenvalue weighted by atomic mass is 10.2. The smallest absolute Gasteiger partial charge is 0.161 e. The molecule has 0 fully saturated rings. The summed E-state index contributed by atoms with van der Waals surface area (Å²) in [6.07, 6.45) is 1.63. The first-order chi connectivity index (χ1) is 10.2. The van der Waals surface area contributed by atoms with Gasteiger partial charge in [0.05, 0.1) is 13.7 Å². The Kier molecular flexibility index (Phi) is 5.08. The molecular weight excluding hydrogens is 288 g/mol.